The van der Waals surface area contributed by atoms with E-state index < -0.39 is 10.7 Å². The van der Waals surface area contributed by atoms with Gasteiger partial charge in [-0.25, -0.2) is 8.42 Å². The second-order valence-electron chi connectivity index (χ2n) is 4.98. The first-order valence-corrected chi connectivity index (χ1v) is 8.40. The van der Waals surface area contributed by atoms with Crippen LogP contribution in [0.5, 0.6) is 23.0 Å². The van der Waals surface area contributed by atoms with Crippen molar-refractivity contribution in [1.82, 2.24) is 0 Å². The van der Waals surface area contributed by atoms with Gasteiger partial charge in [-0.1, -0.05) is 11.6 Å². The Hall–Kier alpha value is -1.89. The van der Waals surface area contributed by atoms with Crippen LogP contribution in [0.1, 0.15) is 18.1 Å². The Morgan fingerprint density at radius 1 is 0.913 bits per heavy atom. The molecule has 0 bridgehead atoms. The Morgan fingerprint density at radius 3 is 1.83 bits per heavy atom. The second-order valence-corrected chi connectivity index (χ2v) is 5.96. The summed E-state index contributed by atoms with van der Waals surface area (Å²) in [6, 6.07) is 0. The van der Waals surface area contributed by atoms with Crippen LogP contribution in [-0.4, -0.2) is 42.6 Å². The van der Waals surface area contributed by atoms with Gasteiger partial charge < -0.3 is 18.9 Å². The molecule has 6 nitrogen and oxygen atoms in total. The first-order valence-electron chi connectivity index (χ1n) is 7.03. The monoisotopic (exact) mass is 344 g/mol. The fraction of sp³-hybridized carbons (Fsp3) is 0.500. The molecule has 0 saturated heterocycles. The van der Waals surface area contributed by atoms with E-state index in [4.69, 9.17) is 18.9 Å². The van der Waals surface area contributed by atoms with Crippen LogP contribution in [0, 0.1) is 6.92 Å². The van der Waals surface area contributed by atoms with Crippen LogP contribution in [-0.2, 0) is 17.1 Å². The summed E-state index contributed by atoms with van der Waals surface area (Å²) in [7, 11) is 3.74. The molecule has 0 aliphatic rings. The van der Waals surface area contributed by atoms with Crippen LogP contribution in [0.4, 0.5) is 0 Å². The minimum Gasteiger partial charge on any atom is -0.492 e. The number of benzene rings is 1. The molecule has 0 aliphatic carbocycles. The number of rotatable bonds is 8. The topological polar surface area (TPSA) is 71.1 Å². The molecule has 0 N–H and O–H groups in total. The lowest BCUT2D eigenvalue weighted by Gasteiger charge is -2.21. The third-order valence-corrected chi connectivity index (χ3v) is 4.29. The van der Waals surface area contributed by atoms with E-state index in [0.29, 0.717) is 29.4 Å². The Bertz CT molecular complexity index is 653. The molecule has 130 valence electrons. The summed E-state index contributed by atoms with van der Waals surface area (Å²) in [6.45, 7) is 3.68. The van der Waals surface area contributed by atoms with E-state index in [2.05, 4.69) is 0 Å². The van der Waals surface area contributed by atoms with Crippen molar-refractivity contribution in [2.75, 3.05) is 34.2 Å². The smallest absolute Gasteiger partial charge is 0.207 e. The highest BCUT2D eigenvalue weighted by Gasteiger charge is 2.24. The zero-order valence-electron chi connectivity index (χ0n) is 14.4. The zero-order chi connectivity index (χ0) is 17.6. The lowest BCUT2D eigenvalue weighted by atomic mass is 10.0. The molecule has 7 heteroatoms. The standard InChI is InChI=1S/C16H24O6S/c1-10(9-23(17)18)7-8-12-11(2)13(19-3)15(21-5)16(22-6)14(12)20-4/h7,23H,8-9H2,1-6H3/b10-7+. The van der Waals surface area contributed by atoms with Gasteiger partial charge in [0.1, 0.15) is 10.7 Å². The van der Waals surface area contributed by atoms with Gasteiger partial charge in [-0.05, 0) is 20.3 Å². The molecule has 0 fully saturated rings. The Kier molecular flexibility index (Phi) is 7.22. The summed E-state index contributed by atoms with van der Waals surface area (Å²) in [5.41, 5.74) is 2.50. The van der Waals surface area contributed by atoms with Crippen LogP contribution in [0.15, 0.2) is 11.6 Å². The molecule has 0 aromatic heterocycles. The van der Waals surface area contributed by atoms with Crippen molar-refractivity contribution in [1.29, 1.82) is 0 Å². The average Bonchev–Trinajstić information content (AvgIpc) is 2.51. The molecule has 1 aromatic rings. The molecule has 1 rings (SSSR count). The Morgan fingerprint density at radius 2 is 1.39 bits per heavy atom. The maximum atomic E-state index is 10.8. The summed E-state index contributed by atoms with van der Waals surface area (Å²) in [6.07, 6.45) is 2.36. The predicted molar refractivity (Wildman–Crippen MR) is 90.0 cm³/mol. The first-order chi connectivity index (χ1) is 10.9. The molecule has 0 spiro atoms. The lowest BCUT2D eigenvalue weighted by Crippen LogP contribution is -2.04. The predicted octanol–water partition coefficient (Wildman–Crippen LogP) is 2.13. The van der Waals surface area contributed by atoms with E-state index in [1.165, 1.54) is 14.2 Å². The van der Waals surface area contributed by atoms with Crippen LogP contribution in [0.3, 0.4) is 0 Å². The van der Waals surface area contributed by atoms with Crippen molar-refractivity contribution in [3.05, 3.63) is 22.8 Å². The molecule has 0 aliphatic heterocycles. The molecule has 0 amide bonds. The summed E-state index contributed by atoms with van der Waals surface area (Å²) in [5.74, 6) is 2.09. The summed E-state index contributed by atoms with van der Waals surface area (Å²) < 4.78 is 43.4. The molecule has 0 unspecified atom stereocenters. The molecular weight excluding hydrogens is 320 g/mol. The van der Waals surface area contributed by atoms with Gasteiger partial charge in [0.15, 0.2) is 11.5 Å². The van der Waals surface area contributed by atoms with Crippen molar-refractivity contribution < 1.29 is 27.4 Å². The third kappa shape index (κ3) is 4.31. The maximum Gasteiger partial charge on any atom is 0.207 e. The van der Waals surface area contributed by atoms with Gasteiger partial charge in [0.25, 0.3) is 0 Å². The maximum absolute atomic E-state index is 10.8. The van der Waals surface area contributed by atoms with Gasteiger partial charge in [0, 0.05) is 11.1 Å². The highest BCUT2D eigenvalue weighted by atomic mass is 32.2. The van der Waals surface area contributed by atoms with Gasteiger partial charge in [-0.15, -0.1) is 0 Å². The van der Waals surface area contributed by atoms with Crippen molar-refractivity contribution in [2.45, 2.75) is 20.3 Å². The van der Waals surface area contributed by atoms with E-state index in [1.54, 1.807) is 21.1 Å². The van der Waals surface area contributed by atoms with Crippen molar-refractivity contribution >= 4 is 10.7 Å². The molecular formula is C16H24O6S. The first kappa shape index (κ1) is 19.2. The van der Waals surface area contributed by atoms with Crippen LogP contribution in [0.2, 0.25) is 0 Å². The molecule has 0 atom stereocenters. The fourth-order valence-electron chi connectivity index (χ4n) is 2.44. The van der Waals surface area contributed by atoms with E-state index in [-0.39, 0.29) is 5.75 Å². The largest absolute Gasteiger partial charge is 0.492 e. The van der Waals surface area contributed by atoms with E-state index in [9.17, 15) is 8.42 Å². The number of methoxy groups -OCH3 is 4. The molecule has 0 saturated carbocycles. The van der Waals surface area contributed by atoms with Crippen LogP contribution < -0.4 is 18.9 Å². The molecule has 0 heterocycles. The number of thiol groups is 1. The Labute approximate surface area is 139 Å². The van der Waals surface area contributed by atoms with Crippen molar-refractivity contribution in [2.24, 2.45) is 0 Å². The lowest BCUT2D eigenvalue weighted by molar-refractivity contribution is 0.302. The van der Waals surface area contributed by atoms with Gasteiger partial charge >= 0.3 is 0 Å². The number of hydrogen-bond donors (Lipinski definition) is 1. The summed E-state index contributed by atoms with van der Waals surface area (Å²) in [5, 5.41) is 0. The third-order valence-electron chi connectivity index (χ3n) is 3.54. The zero-order valence-corrected chi connectivity index (χ0v) is 15.3. The van der Waals surface area contributed by atoms with Crippen LogP contribution >= 0.6 is 0 Å². The van der Waals surface area contributed by atoms with Crippen molar-refractivity contribution in [3.63, 3.8) is 0 Å². The highest BCUT2D eigenvalue weighted by Crippen LogP contribution is 2.49. The average molecular weight is 344 g/mol. The summed E-state index contributed by atoms with van der Waals surface area (Å²) in [4.78, 5) is 0. The normalized spacial score (nSPS) is 11.5. The highest BCUT2D eigenvalue weighted by molar-refractivity contribution is 7.72. The van der Waals surface area contributed by atoms with E-state index in [0.717, 1.165) is 16.7 Å². The fourth-order valence-corrected chi connectivity index (χ4v) is 2.98. The van der Waals surface area contributed by atoms with Crippen molar-refractivity contribution in [3.8, 4) is 23.0 Å². The van der Waals surface area contributed by atoms with Gasteiger partial charge in [-0.2, -0.15) is 0 Å². The van der Waals surface area contributed by atoms with Crippen LogP contribution in [0.25, 0.3) is 0 Å². The molecule has 0 radical (unpaired) electrons. The summed E-state index contributed by atoms with van der Waals surface area (Å²) >= 11 is 0. The minimum absolute atomic E-state index is 0.0428. The van der Waals surface area contributed by atoms with E-state index in [1.807, 2.05) is 13.0 Å². The number of allylic oxidation sites excluding steroid dienone is 1. The molecule has 1 aromatic carbocycles. The SMILES string of the molecule is COc1c(C)c(C/C=C(\C)C[SH](=O)=O)c(OC)c(OC)c1OC. The Balaban J connectivity index is 3.46. The minimum atomic E-state index is -2.43. The van der Waals surface area contributed by atoms with Gasteiger partial charge in [0.05, 0.1) is 34.2 Å². The molecule has 23 heavy (non-hydrogen) atoms. The van der Waals surface area contributed by atoms with Gasteiger partial charge in [-0.3, -0.25) is 0 Å². The van der Waals surface area contributed by atoms with E-state index >= 15 is 0 Å². The number of hydrogen-bond acceptors (Lipinski definition) is 6. The second kappa shape index (κ2) is 8.67. The quantitative estimate of drug-likeness (QED) is 0.575. The number of ether oxygens (including phenoxy) is 4. The van der Waals surface area contributed by atoms with Gasteiger partial charge in [0.2, 0.25) is 11.5 Å².